The van der Waals surface area contributed by atoms with Gasteiger partial charge in [-0.15, -0.1) is 0 Å². The fourth-order valence-electron chi connectivity index (χ4n) is 4.61. The largest absolute Gasteiger partial charge is 0.494 e. The summed E-state index contributed by atoms with van der Waals surface area (Å²) in [6.07, 6.45) is 3.30. The first-order valence-corrected chi connectivity index (χ1v) is 14.1. The lowest BCUT2D eigenvalue weighted by Crippen LogP contribution is -2.10. The van der Waals surface area contributed by atoms with Gasteiger partial charge in [-0.1, -0.05) is 75.4 Å². The molecule has 0 amide bonds. The van der Waals surface area contributed by atoms with Gasteiger partial charge in [0.2, 0.25) is 0 Å². The lowest BCUT2D eigenvalue weighted by Gasteiger charge is -2.20. The molecule has 1 saturated carbocycles. The van der Waals surface area contributed by atoms with Crippen LogP contribution < -0.4 is 4.74 Å². The van der Waals surface area contributed by atoms with Gasteiger partial charge in [0.25, 0.3) is 0 Å². The summed E-state index contributed by atoms with van der Waals surface area (Å²) >= 11 is 0. The lowest BCUT2D eigenvalue weighted by atomic mass is 9.87. The molecule has 0 unspecified atom stereocenters. The summed E-state index contributed by atoms with van der Waals surface area (Å²) in [7, 11) is 0. The van der Waals surface area contributed by atoms with E-state index in [0.29, 0.717) is 18.6 Å². The summed E-state index contributed by atoms with van der Waals surface area (Å²) in [6, 6.07) is 21.6. The third kappa shape index (κ3) is 8.27. The quantitative estimate of drug-likeness (QED) is 0.235. The zero-order valence-electron chi connectivity index (χ0n) is 23.9. The maximum absolute atomic E-state index is 12.6. The van der Waals surface area contributed by atoms with E-state index < -0.39 is 12.6 Å². The monoisotopic (exact) mass is 548 g/mol. The van der Waals surface area contributed by atoms with Crippen molar-refractivity contribution in [2.45, 2.75) is 77.8 Å². The number of allylic oxidation sites excluding steroid dienone is 3. The van der Waals surface area contributed by atoms with Gasteiger partial charge in [-0.3, -0.25) is 0 Å². The van der Waals surface area contributed by atoms with E-state index in [1.165, 1.54) is 17.6 Å². The van der Waals surface area contributed by atoms with Crippen molar-refractivity contribution in [3.8, 4) is 22.6 Å². The van der Waals surface area contributed by atoms with Crippen molar-refractivity contribution >= 4 is 0 Å². The molecular weight excluding hydrogens is 509 g/mol. The maximum atomic E-state index is 12.6. The minimum absolute atomic E-state index is 0.0200. The molecule has 4 rings (SSSR count). The highest BCUT2D eigenvalue weighted by Crippen LogP contribution is 2.34. The van der Waals surface area contributed by atoms with Crippen molar-refractivity contribution in [2.75, 3.05) is 6.61 Å². The highest BCUT2D eigenvalue weighted by atomic mass is 19.4. The van der Waals surface area contributed by atoms with Crippen LogP contribution in [0.5, 0.6) is 11.5 Å². The molecule has 0 radical (unpaired) electrons. The second-order valence-electron chi connectivity index (χ2n) is 11.4. The third-order valence-electron chi connectivity index (χ3n) is 7.21. The molecule has 40 heavy (non-hydrogen) atoms. The summed E-state index contributed by atoms with van der Waals surface area (Å²) in [6.45, 7) is 9.19. The molecular formula is C35H39F3O2. The van der Waals surface area contributed by atoms with Crippen LogP contribution in [-0.2, 0) is 23.0 Å². The molecule has 5 heteroatoms. The van der Waals surface area contributed by atoms with Gasteiger partial charge >= 0.3 is 6.18 Å². The molecule has 3 aromatic rings. The Balaban J connectivity index is 1.59. The molecule has 0 bridgehead atoms. The van der Waals surface area contributed by atoms with Crippen molar-refractivity contribution < 1.29 is 22.6 Å². The van der Waals surface area contributed by atoms with E-state index in [9.17, 15) is 13.2 Å². The number of rotatable bonds is 10. The third-order valence-corrected chi connectivity index (χ3v) is 7.21. The predicted octanol–water partition coefficient (Wildman–Crippen LogP) is 10.5. The van der Waals surface area contributed by atoms with E-state index in [1.54, 1.807) is 12.1 Å². The van der Waals surface area contributed by atoms with Crippen molar-refractivity contribution in [1.82, 2.24) is 0 Å². The lowest BCUT2D eigenvalue weighted by molar-refractivity contribution is -0.133. The van der Waals surface area contributed by atoms with Crippen LogP contribution in [0, 0.1) is 0 Å². The summed E-state index contributed by atoms with van der Waals surface area (Å²) in [5.41, 5.74) is 6.24. The van der Waals surface area contributed by atoms with E-state index in [2.05, 4.69) is 51.1 Å². The number of aryl methyl sites for hydroxylation is 1. The van der Waals surface area contributed by atoms with Crippen LogP contribution in [0.25, 0.3) is 11.1 Å². The Morgan fingerprint density at radius 2 is 1.55 bits per heavy atom. The molecule has 0 spiro atoms. The fourth-order valence-corrected chi connectivity index (χ4v) is 4.61. The number of halogens is 3. The topological polar surface area (TPSA) is 18.5 Å². The second-order valence-corrected chi connectivity index (χ2v) is 11.4. The van der Waals surface area contributed by atoms with Crippen molar-refractivity contribution in [1.29, 1.82) is 0 Å². The molecule has 0 atom stereocenters. The summed E-state index contributed by atoms with van der Waals surface area (Å²) in [5.74, 6) is 2.49. The maximum Gasteiger partial charge on any atom is 0.389 e. The molecule has 0 aromatic heterocycles. The molecule has 0 saturated heterocycles. The van der Waals surface area contributed by atoms with E-state index >= 15 is 0 Å². The van der Waals surface area contributed by atoms with Gasteiger partial charge in [0.05, 0.1) is 6.61 Å². The van der Waals surface area contributed by atoms with E-state index in [0.717, 1.165) is 46.8 Å². The van der Waals surface area contributed by atoms with E-state index in [4.69, 9.17) is 9.47 Å². The fraction of sp³-hybridized carbons (Fsp3) is 0.371. The Bertz CT molecular complexity index is 1320. The average molecular weight is 549 g/mol. The number of benzene rings is 3. The highest BCUT2D eigenvalue weighted by Gasteiger charge is 2.26. The zero-order chi connectivity index (χ0) is 28.8. The SMILES string of the molecule is CCOC(/C=C/Cc1ccc(-c2ccc(CCC(F)(F)F)cc2)cc1Oc1ccc(C(C)(C)C)cc1)=C1CCC1. The molecule has 1 aliphatic rings. The minimum Gasteiger partial charge on any atom is -0.494 e. The summed E-state index contributed by atoms with van der Waals surface area (Å²) in [4.78, 5) is 0. The molecule has 1 aliphatic carbocycles. The molecule has 212 valence electrons. The smallest absolute Gasteiger partial charge is 0.389 e. The Morgan fingerprint density at radius 3 is 2.12 bits per heavy atom. The van der Waals surface area contributed by atoms with Crippen LogP contribution in [0.15, 0.2) is 90.2 Å². The number of hydrogen-bond donors (Lipinski definition) is 0. The average Bonchev–Trinajstić information content (AvgIpc) is 2.87. The van der Waals surface area contributed by atoms with Gasteiger partial charge in [0, 0.05) is 6.42 Å². The predicted molar refractivity (Wildman–Crippen MR) is 157 cm³/mol. The van der Waals surface area contributed by atoms with Crippen LogP contribution in [0.2, 0.25) is 0 Å². The first-order valence-electron chi connectivity index (χ1n) is 14.1. The Morgan fingerprint density at radius 1 is 0.875 bits per heavy atom. The molecule has 3 aromatic carbocycles. The highest BCUT2D eigenvalue weighted by molar-refractivity contribution is 5.67. The second kappa shape index (κ2) is 12.8. The Hall–Kier alpha value is -3.47. The van der Waals surface area contributed by atoms with Gasteiger partial charge < -0.3 is 9.47 Å². The molecule has 0 N–H and O–H groups in total. The van der Waals surface area contributed by atoms with Gasteiger partial charge in [0.1, 0.15) is 17.3 Å². The molecule has 0 heterocycles. The molecule has 0 aliphatic heterocycles. The zero-order valence-corrected chi connectivity index (χ0v) is 23.9. The van der Waals surface area contributed by atoms with Gasteiger partial charge in [-0.05, 0) is 102 Å². The van der Waals surface area contributed by atoms with Crippen molar-refractivity contribution in [2.24, 2.45) is 0 Å². The van der Waals surface area contributed by atoms with Crippen LogP contribution in [0.4, 0.5) is 13.2 Å². The van der Waals surface area contributed by atoms with Crippen LogP contribution in [-0.4, -0.2) is 12.8 Å². The molecule has 2 nitrogen and oxygen atoms in total. The summed E-state index contributed by atoms with van der Waals surface area (Å²) in [5, 5.41) is 0. The minimum atomic E-state index is -4.15. The van der Waals surface area contributed by atoms with Gasteiger partial charge in [0.15, 0.2) is 0 Å². The van der Waals surface area contributed by atoms with Crippen LogP contribution in [0.3, 0.4) is 0 Å². The van der Waals surface area contributed by atoms with Crippen LogP contribution >= 0.6 is 0 Å². The number of ether oxygens (including phenoxy) is 2. The summed E-state index contributed by atoms with van der Waals surface area (Å²) < 4.78 is 50.2. The van der Waals surface area contributed by atoms with Gasteiger partial charge in [-0.2, -0.15) is 13.2 Å². The first kappa shape index (κ1) is 29.5. The molecule has 1 fully saturated rings. The van der Waals surface area contributed by atoms with Gasteiger partial charge in [-0.25, -0.2) is 0 Å². The standard InChI is InChI=1S/C35H39F3O2/c1-5-39-32(27-8-6-9-27)11-7-10-28-16-17-29(26-14-12-25(13-15-26)22-23-35(36,37)38)24-33(28)40-31-20-18-30(19-21-31)34(2,3)4/h7,11-21,24H,5-6,8-10,22-23H2,1-4H3/b11-7+. The van der Waals surface area contributed by atoms with E-state index in [1.807, 2.05) is 43.3 Å². The van der Waals surface area contributed by atoms with E-state index in [-0.39, 0.29) is 11.8 Å². The Kier molecular flexibility index (Phi) is 9.44. The van der Waals surface area contributed by atoms with Crippen molar-refractivity contribution in [3.63, 3.8) is 0 Å². The normalized spacial score (nSPS) is 13.8. The number of hydrogen-bond acceptors (Lipinski definition) is 2. The number of alkyl halides is 3. The first-order chi connectivity index (χ1) is 19.0. The Labute approximate surface area is 236 Å². The van der Waals surface area contributed by atoms with Crippen LogP contribution in [0.1, 0.15) is 70.1 Å². The van der Waals surface area contributed by atoms with Crippen molar-refractivity contribution in [3.05, 3.63) is 107 Å².